The molecule has 0 spiro atoms. The van der Waals surface area contributed by atoms with Gasteiger partial charge in [-0.05, 0) is 23.8 Å². The van der Waals surface area contributed by atoms with Gasteiger partial charge in [-0.1, -0.05) is 22.0 Å². The second kappa shape index (κ2) is 4.41. The zero-order valence-corrected chi connectivity index (χ0v) is 8.71. The highest BCUT2D eigenvalue weighted by Crippen LogP contribution is 2.24. The Morgan fingerprint density at radius 2 is 2.23 bits per heavy atom. The van der Waals surface area contributed by atoms with Gasteiger partial charge < -0.3 is 5.73 Å². The number of anilines is 1. The predicted molar refractivity (Wildman–Crippen MR) is 58.8 cm³/mol. The smallest absolute Gasteiger partial charge is 0.0658 e. The van der Waals surface area contributed by atoms with Gasteiger partial charge in [-0.15, -0.1) is 6.58 Å². The van der Waals surface area contributed by atoms with E-state index < -0.39 is 0 Å². The lowest BCUT2D eigenvalue weighted by Crippen LogP contribution is -2.27. The van der Waals surface area contributed by atoms with Crippen LogP contribution >= 0.6 is 15.9 Å². The molecule has 13 heavy (non-hydrogen) atoms. The van der Waals surface area contributed by atoms with Crippen LogP contribution in [0.3, 0.4) is 0 Å². The minimum absolute atomic E-state index is 0.113. The molecule has 0 aromatic heterocycles. The van der Waals surface area contributed by atoms with Crippen LogP contribution in [-0.2, 0) is 0 Å². The van der Waals surface area contributed by atoms with Crippen LogP contribution in [-0.4, -0.2) is 0 Å². The van der Waals surface area contributed by atoms with E-state index in [-0.39, 0.29) is 6.04 Å². The lowest BCUT2D eigenvalue weighted by molar-refractivity contribution is 0.658. The summed E-state index contributed by atoms with van der Waals surface area (Å²) >= 11 is 3.36. The average molecular weight is 242 g/mol. The zero-order valence-electron chi connectivity index (χ0n) is 7.13. The number of hydrogen-bond donors (Lipinski definition) is 3. The van der Waals surface area contributed by atoms with Crippen molar-refractivity contribution in [3.8, 4) is 0 Å². The van der Waals surface area contributed by atoms with Gasteiger partial charge in [0.15, 0.2) is 0 Å². The highest BCUT2D eigenvalue weighted by atomic mass is 79.9. The van der Waals surface area contributed by atoms with Crippen LogP contribution in [0.2, 0.25) is 0 Å². The number of nitrogens with one attached hydrogen (secondary N) is 1. The van der Waals surface area contributed by atoms with Crippen LogP contribution in [0, 0.1) is 0 Å². The third kappa shape index (κ3) is 2.30. The number of rotatable bonds is 3. The zero-order chi connectivity index (χ0) is 9.84. The summed E-state index contributed by atoms with van der Waals surface area (Å²) in [4.78, 5) is 0. The first-order valence-electron chi connectivity index (χ1n) is 3.82. The molecule has 0 saturated carbocycles. The Bertz CT molecular complexity index is 312. The summed E-state index contributed by atoms with van der Waals surface area (Å²) < 4.78 is 0.971. The summed E-state index contributed by atoms with van der Waals surface area (Å²) in [5, 5.41) is 0. The maximum atomic E-state index is 5.78. The predicted octanol–water partition coefficient (Wildman–Crippen LogP) is 1.72. The molecular formula is C9H12BrN3. The van der Waals surface area contributed by atoms with Gasteiger partial charge in [-0.3, -0.25) is 5.84 Å². The molecule has 70 valence electrons. The van der Waals surface area contributed by atoms with E-state index in [1.165, 1.54) is 0 Å². The number of halogens is 1. The molecule has 0 fully saturated rings. The molecule has 0 heterocycles. The molecule has 0 aliphatic rings. The van der Waals surface area contributed by atoms with Gasteiger partial charge in [0, 0.05) is 10.2 Å². The molecule has 5 N–H and O–H groups in total. The van der Waals surface area contributed by atoms with E-state index in [1.54, 1.807) is 6.08 Å². The molecular weight excluding hydrogens is 230 g/mol. The largest absolute Gasteiger partial charge is 0.398 e. The highest BCUT2D eigenvalue weighted by Gasteiger charge is 2.08. The fourth-order valence-corrected chi connectivity index (χ4v) is 1.48. The van der Waals surface area contributed by atoms with Crippen molar-refractivity contribution in [3.63, 3.8) is 0 Å². The first kappa shape index (κ1) is 10.2. The Morgan fingerprint density at radius 1 is 1.54 bits per heavy atom. The number of nitrogen functional groups attached to an aromatic ring is 1. The van der Waals surface area contributed by atoms with Crippen molar-refractivity contribution in [2.24, 2.45) is 5.84 Å². The van der Waals surface area contributed by atoms with E-state index in [9.17, 15) is 0 Å². The molecule has 0 aliphatic heterocycles. The van der Waals surface area contributed by atoms with Crippen LogP contribution in [0.4, 0.5) is 5.69 Å². The number of hydrazine groups is 1. The number of benzene rings is 1. The molecule has 3 nitrogen and oxygen atoms in total. The van der Waals surface area contributed by atoms with Crippen LogP contribution in [0.25, 0.3) is 0 Å². The molecule has 0 amide bonds. The molecule has 1 aromatic carbocycles. The quantitative estimate of drug-likeness (QED) is 0.327. The Labute approximate surface area is 85.9 Å². The first-order chi connectivity index (χ1) is 6.19. The van der Waals surface area contributed by atoms with Gasteiger partial charge in [0.05, 0.1) is 6.04 Å². The van der Waals surface area contributed by atoms with Crippen LogP contribution in [0.5, 0.6) is 0 Å². The lowest BCUT2D eigenvalue weighted by Gasteiger charge is -2.14. The van der Waals surface area contributed by atoms with Gasteiger partial charge in [0.1, 0.15) is 0 Å². The van der Waals surface area contributed by atoms with Crippen LogP contribution < -0.4 is 17.0 Å². The molecule has 0 bridgehead atoms. The summed E-state index contributed by atoms with van der Waals surface area (Å²) in [6.07, 6.45) is 1.71. The summed E-state index contributed by atoms with van der Waals surface area (Å²) in [7, 11) is 0. The minimum Gasteiger partial charge on any atom is -0.398 e. The normalized spacial score (nSPS) is 12.5. The maximum absolute atomic E-state index is 5.78. The Balaban J connectivity index is 3.10. The van der Waals surface area contributed by atoms with E-state index in [1.807, 2.05) is 18.2 Å². The highest BCUT2D eigenvalue weighted by molar-refractivity contribution is 9.10. The monoisotopic (exact) mass is 241 g/mol. The van der Waals surface area contributed by atoms with Gasteiger partial charge >= 0.3 is 0 Å². The lowest BCUT2D eigenvalue weighted by atomic mass is 10.1. The standard InChI is InChI=1S/C9H12BrN3/c1-2-9(13-12)7-5-6(10)3-4-8(7)11/h2-5,9,13H,1,11-12H2. The van der Waals surface area contributed by atoms with E-state index in [4.69, 9.17) is 11.6 Å². The summed E-state index contributed by atoms with van der Waals surface area (Å²) in [6, 6.07) is 5.52. The van der Waals surface area contributed by atoms with Crippen molar-refractivity contribution in [1.29, 1.82) is 0 Å². The third-order valence-electron chi connectivity index (χ3n) is 1.80. The maximum Gasteiger partial charge on any atom is 0.0658 e. The summed E-state index contributed by atoms with van der Waals surface area (Å²) in [6.45, 7) is 3.67. The van der Waals surface area contributed by atoms with Crippen molar-refractivity contribution in [2.45, 2.75) is 6.04 Å². The summed E-state index contributed by atoms with van der Waals surface area (Å²) in [5.41, 5.74) is 10.0. The van der Waals surface area contributed by atoms with Crippen molar-refractivity contribution in [1.82, 2.24) is 5.43 Å². The van der Waals surface area contributed by atoms with Crippen molar-refractivity contribution in [2.75, 3.05) is 5.73 Å². The van der Waals surface area contributed by atoms with Crippen LogP contribution in [0.1, 0.15) is 11.6 Å². The second-order valence-electron chi connectivity index (χ2n) is 2.65. The molecule has 0 saturated heterocycles. The topological polar surface area (TPSA) is 64.1 Å². The van der Waals surface area contributed by atoms with E-state index in [2.05, 4.69) is 27.9 Å². The fraction of sp³-hybridized carbons (Fsp3) is 0.111. The van der Waals surface area contributed by atoms with Gasteiger partial charge in [0.25, 0.3) is 0 Å². The first-order valence-corrected chi connectivity index (χ1v) is 4.62. The molecule has 4 heteroatoms. The number of nitrogens with two attached hydrogens (primary N) is 2. The summed E-state index contributed by atoms with van der Waals surface area (Å²) in [5.74, 6) is 5.34. The third-order valence-corrected chi connectivity index (χ3v) is 2.29. The van der Waals surface area contributed by atoms with Gasteiger partial charge in [-0.2, -0.15) is 0 Å². The Morgan fingerprint density at radius 3 is 2.77 bits per heavy atom. The molecule has 1 aromatic rings. The van der Waals surface area contributed by atoms with E-state index >= 15 is 0 Å². The van der Waals surface area contributed by atoms with Gasteiger partial charge in [0.2, 0.25) is 0 Å². The second-order valence-corrected chi connectivity index (χ2v) is 3.57. The SMILES string of the molecule is C=CC(NN)c1cc(Br)ccc1N. The average Bonchev–Trinajstić information content (AvgIpc) is 2.13. The van der Waals surface area contributed by atoms with Crippen molar-refractivity contribution in [3.05, 3.63) is 40.9 Å². The fourth-order valence-electron chi connectivity index (χ4n) is 1.10. The Kier molecular flexibility index (Phi) is 3.48. The van der Waals surface area contributed by atoms with Crippen molar-refractivity contribution >= 4 is 21.6 Å². The van der Waals surface area contributed by atoms with Crippen molar-refractivity contribution < 1.29 is 0 Å². The molecule has 1 rings (SSSR count). The number of hydrogen-bond acceptors (Lipinski definition) is 3. The Hall–Kier alpha value is -0.840. The van der Waals surface area contributed by atoms with Gasteiger partial charge in [-0.25, -0.2) is 5.43 Å². The molecule has 1 atom stereocenters. The van der Waals surface area contributed by atoms with E-state index in [0.717, 1.165) is 10.0 Å². The molecule has 1 unspecified atom stereocenters. The minimum atomic E-state index is -0.113. The van der Waals surface area contributed by atoms with E-state index in [0.29, 0.717) is 5.69 Å². The molecule has 0 aliphatic carbocycles. The molecule has 0 radical (unpaired) electrons. The van der Waals surface area contributed by atoms with Crippen LogP contribution in [0.15, 0.2) is 35.3 Å².